The van der Waals surface area contributed by atoms with E-state index in [0.29, 0.717) is 5.56 Å². The van der Waals surface area contributed by atoms with Crippen LogP contribution in [0.2, 0.25) is 0 Å². The Balaban J connectivity index is 0.00000208. The third kappa shape index (κ3) is 4.10. The maximum Gasteiger partial charge on any atom is 0.113 e. The number of hydrogen-bond acceptors (Lipinski definition) is 2. The van der Waals surface area contributed by atoms with Gasteiger partial charge in [0.05, 0.1) is 11.6 Å². The van der Waals surface area contributed by atoms with Gasteiger partial charge in [-0.05, 0) is 48.2 Å². The second-order valence-corrected chi connectivity index (χ2v) is 5.15. The molecule has 2 aromatic carbocycles. The minimum atomic E-state index is 0. The Morgan fingerprint density at radius 1 is 0.875 bits per heavy atom. The summed E-state index contributed by atoms with van der Waals surface area (Å²) in [6.45, 7) is 1.94. The molecule has 3 heteroatoms. The molecular weight excluding hydrogens is 360 g/mol. The van der Waals surface area contributed by atoms with Crippen LogP contribution in [-0.4, -0.2) is 4.98 Å². The number of benzene rings is 2. The first-order valence-corrected chi connectivity index (χ1v) is 7.31. The van der Waals surface area contributed by atoms with E-state index in [-0.39, 0.29) is 17.0 Å². The standard InChI is InChI=1S/C21H14N2.BrH/c1-16-6-5-9-20(23-16)12-10-17-11-13-21(19(14-17)15-22)18-7-3-2-4-8-18;/h2-9,11,13-14H,1H3;1H. The molecule has 1 aromatic heterocycles. The summed E-state index contributed by atoms with van der Waals surface area (Å²) in [5.41, 5.74) is 5.06. The number of aryl methyl sites for hydroxylation is 1. The lowest BCUT2D eigenvalue weighted by atomic mass is 9.98. The number of pyridine rings is 1. The lowest BCUT2D eigenvalue weighted by Gasteiger charge is -2.04. The van der Waals surface area contributed by atoms with Crippen LogP contribution in [0, 0.1) is 30.1 Å². The second kappa shape index (κ2) is 8.11. The fraction of sp³-hybridized carbons (Fsp3) is 0.0476. The van der Waals surface area contributed by atoms with Gasteiger partial charge in [-0.1, -0.05) is 48.4 Å². The molecule has 0 spiro atoms. The van der Waals surface area contributed by atoms with Crippen LogP contribution in [0.4, 0.5) is 0 Å². The molecular formula is C21H15BrN2. The van der Waals surface area contributed by atoms with Crippen molar-refractivity contribution < 1.29 is 0 Å². The number of rotatable bonds is 1. The topological polar surface area (TPSA) is 36.7 Å². The van der Waals surface area contributed by atoms with Crippen molar-refractivity contribution in [3.8, 4) is 29.0 Å². The van der Waals surface area contributed by atoms with Crippen LogP contribution in [0.25, 0.3) is 11.1 Å². The highest BCUT2D eigenvalue weighted by Crippen LogP contribution is 2.23. The fourth-order valence-electron chi connectivity index (χ4n) is 2.33. The first-order valence-electron chi connectivity index (χ1n) is 7.31. The molecule has 0 radical (unpaired) electrons. The van der Waals surface area contributed by atoms with Crippen molar-refractivity contribution in [1.29, 1.82) is 5.26 Å². The largest absolute Gasteiger partial charge is 0.245 e. The number of nitrogens with zero attached hydrogens (tertiary/aromatic N) is 2. The van der Waals surface area contributed by atoms with Crippen molar-refractivity contribution >= 4 is 17.0 Å². The minimum Gasteiger partial charge on any atom is -0.245 e. The first-order chi connectivity index (χ1) is 11.3. The summed E-state index contributed by atoms with van der Waals surface area (Å²) >= 11 is 0. The van der Waals surface area contributed by atoms with E-state index in [0.717, 1.165) is 28.1 Å². The second-order valence-electron chi connectivity index (χ2n) is 5.15. The van der Waals surface area contributed by atoms with Gasteiger partial charge in [-0.2, -0.15) is 5.26 Å². The van der Waals surface area contributed by atoms with E-state index in [9.17, 15) is 5.26 Å². The van der Waals surface area contributed by atoms with E-state index in [1.807, 2.05) is 73.7 Å². The Labute approximate surface area is 152 Å². The number of hydrogen-bond donors (Lipinski definition) is 0. The summed E-state index contributed by atoms with van der Waals surface area (Å²) in [7, 11) is 0. The van der Waals surface area contributed by atoms with Gasteiger partial charge in [0.2, 0.25) is 0 Å². The summed E-state index contributed by atoms with van der Waals surface area (Å²) in [4.78, 5) is 4.36. The van der Waals surface area contributed by atoms with Gasteiger partial charge in [-0.15, -0.1) is 17.0 Å². The summed E-state index contributed by atoms with van der Waals surface area (Å²) in [5, 5.41) is 9.42. The molecule has 0 amide bonds. The molecule has 0 bridgehead atoms. The van der Waals surface area contributed by atoms with Crippen LogP contribution < -0.4 is 0 Å². The predicted octanol–water partition coefficient (Wildman–Crippen LogP) is 4.91. The van der Waals surface area contributed by atoms with Crippen LogP contribution in [0.1, 0.15) is 22.5 Å². The van der Waals surface area contributed by atoms with Gasteiger partial charge in [0.15, 0.2) is 0 Å². The molecule has 3 aromatic rings. The van der Waals surface area contributed by atoms with E-state index in [2.05, 4.69) is 22.9 Å². The molecule has 0 saturated heterocycles. The Hall–Kier alpha value is -2.88. The van der Waals surface area contributed by atoms with Crippen molar-refractivity contribution in [2.45, 2.75) is 6.92 Å². The van der Waals surface area contributed by atoms with Crippen LogP contribution in [0.3, 0.4) is 0 Å². The van der Waals surface area contributed by atoms with Crippen molar-refractivity contribution in [2.75, 3.05) is 0 Å². The van der Waals surface area contributed by atoms with Gasteiger partial charge in [0, 0.05) is 11.3 Å². The predicted molar refractivity (Wildman–Crippen MR) is 102 cm³/mol. The molecule has 0 aliphatic carbocycles. The fourth-order valence-corrected chi connectivity index (χ4v) is 2.33. The highest BCUT2D eigenvalue weighted by molar-refractivity contribution is 8.93. The van der Waals surface area contributed by atoms with E-state index in [4.69, 9.17) is 0 Å². The van der Waals surface area contributed by atoms with E-state index < -0.39 is 0 Å². The van der Waals surface area contributed by atoms with Crippen molar-refractivity contribution in [1.82, 2.24) is 4.98 Å². The molecule has 2 nitrogen and oxygen atoms in total. The average Bonchev–Trinajstić information content (AvgIpc) is 2.60. The van der Waals surface area contributed by atoms with Crippen LogP contribution in [0.5, 0.6) is 0 Å². The highest BCUT2D eigenvalue weighted by Gasteiger charge is 2.04. The van der Waals surface area contributed by atoms with E-state index in [1.165, 1.54) is 0 Å². The molecule has 0 aliphatic heterocycles. The van der Waals surface area contributed by atoms with Crippen molar-refractivity contribution in [2.24, 2.45) is 0 Å². The molecule has 116 valence electrons. The van der Waals surface area contributed by atoms with Gasteiger partial charge in [-0.25, -0.2) is 4.98 Å². The van der Waals surface area contributed by atoms with Gasteiger partial charge in [0.1, 0.15) is 5.69 Å². The SMILES string of the molecule is Br.Cc1cccc(C#Cc2ccc(-c3ccccc3)c(C#N)c2)n1. The molecule has 0 saturated carbocycles. The molecule has 3 rings (SSSR count). The normalized spacial score (nSPS) is 9.17. The number of halogens is 1. The maximum atomic E-state index is 9.42. The zero-order chi connectivity index (χ0) is 16.1. The van der Waals surface area contributed by atoms with Gasteiger partial charge in [-0.3, -0.25) is 0 Å². The Morgan fingerprint density at radius 2 is 1.67 bits per heavy atom. The zero-order valence-electron chi connectivity index (χ0n) is 13.2. The third-order valence-corrected chi connectivity index (χ3v) is 3.45. The van der Waals surface area contributed by atoms with Gasteiger partial charge < -0.3 is 0 Å². The van der Waals surface area contributed by atoms with Crippen LogP contribution in [0.15, 0.2) is 66.7 Å². The summed E-state index contributed by atoms with van der Waals surface area (Å²) in [6.07, 6.45) is 0. The van der Waals surface area contributed by atoms with E-state index in [1.54, 1.807) is 0 Å². The van der Waals surface area contributed by atoms with Crippen molar-refractivity contribution in [3.63, 3.8) is 0 Å². The van der Waals surface area contributed by atoms with Crippen LogP contribution >= 0.6 is 17.0 Å². The maximum absolute atomic E-state index is 9.42. The third-order valence-electron chi connectivity index (χ3n) is 3.45. The number of aromatic nitrogens is 1. The molecule has 24 heavy (non-hydrogen) atoms. The molecule has 0 unspecified atom stereocenters. The molecule has 0 atom stereocenters. The average molecular weight is 375 g/mol. The quantitative estimate of drug-likeness (QED) is 0.567. The molecule has 0 fully saturated rings. The lowest BCUT2D eigenvalue weighted by Crippen LogP contribution is -1.87. The Kier molecular flexibility index (Phi) is 5.90. The molecule has 0 N–H and O–H groups in total. The van der Waals surface area contributed by atoms with E-state index >= 15 is 0 Å². The minimum absolute atomic E-state index is 0. The van der Waals surface area contributed by atoms with Crippen molar-refractivity contribution in [3.05, 3.63) is 89.2 Å². The molecule has 1 heterocycles. The Bertz CT molecular complexity index is 945. The summed E-state index contributed by atoms with van der Waals surface area (Å²) in [5.74, 6) is 6.12. The van der Waals surface area contributed by atoms with Crippen LogP contribution in [-0.2, 0) is 0 Å². The Morgan fingerprint density at radius 3 is 2.38 bits per heavy atom. The summed E-state index contributed by atoms with van der Waals surface area (Å²) < 4.78 is 0. The first kappa shape index (κ1) is 17.5. The number of nitriles is 1. The monoisotopic (exact) mass is 374 g/mol. The smallest absolute Gasteiger partial charge is 0.113 e. The molecule has 0 aliphatic rings. The summed E-state index contributed by atoms with van der Waals surface area (Å²) in [6, 6.07) is 23.6. The van der Waals surface area contributed by atoms with Gasteiger partial charge in [0.25, 0.3) is 0 Å². The lowest BCUT2D eigenvalue weighted by molar-refractivity contribution is 1.18. The highest BCUT2D eigenvalue weighted by atomic mass is 79.9. The zero-order valence-corrected chi connectivity index (χ0v) is 14.9. The van der Waals surface area contributed by atoms with Gasteiger partial charge >= 0.3 is 0 Å².